The lowest BCUT2D eigenvalue weighted by Gasteiger charge is -2.63. The zero-order valence-electron chi connectivity index (χ0n) is 15.3. The molecule has 0 aromatic rings. The monoisotopic (exact) mass is 388 g/mol. The van der Waals surface area contributed by atoms with Gasteiger partial charge in [-0.25, -0.2) is 0 Å². The fourth-order valence-corrected chi connectivity index (χ4v) is 6.86. The summed E-state index contributed by atoms with van der Waals surface area (Å²) in [7, 11) is 0. The van der Waals surface area contributed by atoms with E-state index in [0.717, 1.165) is 0 Å². The lowest BCUT2D eigenvalue weighted by atomic mass is 9.45. The summed E-state index contributed by atoms with van der Waals surface area (Å²) in [5, 5.41) is 21.8. The second kappa shape index (κ2) is 4.60. The molecule has 0 aromatic heterocycles. The highest BCUT2D eigenvalue weighted by atomic mass is 16.6. The van der Waals surface area contributed by atoms with Crippen LogP contribution < -0.4 is 0 Å². The van der Waals surface area contributed by atoms with Crippen molar-refractivity contribution in [1.82, 2.24) is 0 Å². The van der Waals surface area contributed by atoms with Gasteiger partial charge in [0.15, 0.2) is 11.6 Å². The van der Waals surface area contributed by atoms with Crippen molar-refractivity contribution in [2.75, 3.05) is 0 Å². The van der Waals surface area contributed by atoms with Gasteiger partial charge in [-0.3, -0.25) is 9.59 Å². The number of hydrogen-bond acceptors (Lipinski definition) is 8. The first-order valence-electron chi connectivity index (χ1n) is 9.90. The zero-order chi connectivity index (χ0) is 19.3. The molecule has 1 saturated carbocycles. The lowest BCUT2D eigenvalue weighted by molar-refractivity contribution is -0.210. The molecule has 2 bridgehead atoms. The molecule has 8 rings (SSSR count). The third-order valence-electron chi connectivity index (χ3n) is 8.00. The van der Waals surface area contributed by atoms with Gasteiger partial charge in [0.1, 0.15) is 36.6 Å². The number of carbonyl (C=O) groups excluding carboxylic acids is 2. The maximum absolute atomic E-state index is 13.7. The van der Waals surface area contributed by atoms with Gasteiger partial charge in [0.2, 0.25) is 0 Å². The van der Waals surface area contributed by atoms with E-state index in [2.05, 4.69) is 0 Å². The second-order valence-corrected chi connectivity index (χ2v) is 9.09. The van der Waals surface area contributed by atoms with Crippen LogP contribution in [0.25, 0.3) is 0 Å². The predicted octanol–water partition coefficient (Wildman–Crippen LogP) is -0.973. The molecule has 12 atom stereocenters. The summed E-state index contributed by atoms with van der Waals surface area (Å²) in [6, 6.07) is 0. The van der Waals surface area contributed by atoms with E-state index in [1.807, 2.05) is 13.8 Å². The highest BCUT2D eigenvalue weighted by Gasteiger charge is 2.78. The summed E-state index contributed by atoms with van der Waals surface area (Å²) in [5.74, 6) is -1.05. The molecular formula is C20H20O8. The molecule has 3 saturated heterocycles. The van der Waals surface area contributed by atoms with Gasteiger partial charge in [-0.2, -0.15) is 0 Å². The van der Waals surface area contributed by atoms with Gasteiger partial charge in [-0.15, -0.1) is 0 Å². The molecule has 8 heteroatoms. The molecule has 8 nitrogen and oxygen atoms in total. The summed E-state index contributed by atoms with van der Waals surface area (Å²) >= 11 is 0. The number of epoxide rings is 2. The summed E-state index contributed by atoms with van der Waals surface area (Å²) in [6.45, 7) is 3.77. The van der Waals surface area contributed by atoms with Gasteiger partial charge in [-0.1, -0.05) is 0 Å². The number of Topliss-reactive ketones (excluding diaryl/α,β-unsaturated/α-hetero) is 2. The van der Waals surface area contributed by atoms with Crippen LogP contribution in [0.2, 0.25) is 0 Å². The van der Waals surface area contributed by atoms with Crippen molar-refractivity contribution in [3.63, 3.8) is 0 Å². The summed E-state index contributed by atoms with van der Waals surface area (Å²) in [5.41, 5.74) is 0.269. The highest BCUT2D eigenvalue weighted by molar-refractivity contribution is 6.06. The first-order chi connectivity index (χ1) is 13.4. The predicted molar refractivity (Wildman–Crippen MR) is 88.8 cm³/mol. The van der Waals surface area contributed by atoms with Crippen LogP contribution in [-0.2, 0) is 28.5 Å². The van der Waals surface area contributed by atoms with Crippen LogP contribution in [0.5, 0.6) is 0 Å². The van der Waals surface area contributed by atoms with Gasteiger partial charge in [0, 0.05) is 23.0 Å². The molecule has 0 amide bonds. The van der Waals surface area contributed by atoms with E-state index in [1.165, 1.54) is 6.26 Å². The molecule has 148 valence electrons. The molecule has 5 heterocycles. The van der Waals surface area contributed by atoms with E-state index in [9.17, 15) is 19.8 Å². The number of ketones is 2. The Morgan fingerprint density at radius 3 is 2.46 bits per heavy atom. The number of carbonyl (C=O) groups is 2. The minimum atomic E-state index is -1.19. The number of hydrogen-bond donors (Lipinski definition) is 2. The molecule has 1 spiro atoms. The first-order valence-corrected chi connectivity index (χ1v) is 9.90. The standard InChI is InChI=1S/C20H20O8/c1-4-7-8-9(13(23)16-15(27-16)12(8)22)19(26-4)20-6(3-25-5(2)10(7)20)11(21)14-17(28-14)18(20)24/h3-5,7,10-11,13-17,19,21,23H,1-2H3/t4-,5+,7-,10-,11-,13-,14-,15-,16-,17-,19+,20+/m1/s1. The Labute approximate surface area is 160 Å². The van der Waals surface area contributed by atoms with E-state index >= 15 is 0 Å². The molecule has 0 radical (unpaired) electrons. The number of aliphatic hydroxyl groups is 2. The van der Waals surface area contributed by atoms with Crippen molar-refractivity contribution in [3.8, 4) is 0 Å². The van der Waals surface area contributed by atoms with E-state index in [0.29, 0.717) is 16.7 Å². The zero-order valence-corrected chi connectivity index (χ0v) is 15.3. The van der Waals surface area contributed by atoms with Crippen molar-refractivity contribution in [2.45, 2.75) is 68.8 Å². The van der Waals surface area contributed by atoms with Crippen LogP contribution in [0.1, 0.15) is 13.8 Å². The second-order valence-electron chi connectivity index (χ2n) is 9.09. The maximum Gasteiger partial charge on any atom is 0.190 e. The third kappa shape index (κ3) is 1.47. The normalized spacial score (nSPS) is 60.0. The molecule has 5 aliphatic heterocycles. The topological polar surface area (TPSA) is 118 Å². The number of ether oxygens (including phenoxy) is 4. The Morgan fingerprint density at radius 2 is 1.68 bits per heavy atom. The quantitative estimate of drug-likeness (QED) is 0.509. The van der Waals surface area contributed by atoms with Crippen LogP contribution >= 0.6 is 0 Å². The Kier molecular flexibility index (Phi) is 2.67. The van der Waals surface area contributed by atoms with Gasteiger partial charge in [0.25, 0.3) is 0 Å². The lowest BCUT2D eigenvalue weighted by Crippen LogP contribution is -2.72. The van der Waals surface area contributed by atoms with Gasteiger partial charge >= 0.3 is 0 Å². The van der Waals surface area contributed by atoms with E-state index in [-0.39, 0.29) is 29.7 Å². The fourth-order valence-electron chi connectivity index (χ4n) is 6.86. The summed E-state index contributed by atoms with van der Waals surface area (Å²) < 4.78 is 23.1. The number of rotatable bonds is 0. The Hall–Kier alpha value is -1.58. The molecule has 4 fully saturated rings. The van der Waals surface area contributed by atoms with E-state index in [1.54, 1.807) is 0 Å². The van der Waals surface area contributed by atoms with Crippen molar-refractivity contribution in [2.24, 2.45) is 17.3 Å². The fraction of sp³-hybridized carbons (Fsp3) is 0.700. The van der Waals surface area contributed by atoms with Crippen LogP contribution in [0, 0.1) is 17.3 Å². The highest BCUT2D eigenvalue weighted by Crippen LogP contribution is 2.67. The largest absolute Gasteiger partial charge is 0.498 e. The van der Waals surface area contributed by atoms with E-state index < -0.39 is 54.1 Å². The molecule has 28 heavy (non-hydrogen) atoms. The molecule has 3 aliphatic carbocycles. The van der Waals surface area contributed by atoms with Crippen LogP contribution in [0.3, 0.4) is 0 Å². The Morgan fingerprint density at radius 1 is 0.964 bits per heavy atom. The van der Waals surface area contributed by atoms with Crippen molar-refractivity contribution in [1.29, 1.82) is 0 Å². The Bertz CT molecular complexity index is 921. The molecule has 0 unspecified atom stereocenters. The SMILES string of the molecule is C[C@@H]1OC=C2[C@@H](O)[C@H]3O[C@H]3C(=O)[C@@]23[C@H]1[C@H]1C2=C([C@@H](O)[C@H]4O[C@@H]4C2=O)[C@@H]3O[C@@H]1C. The van der Waals surface area contributed by atoms with Gasteiger partial charge < -0.3 is 29.2 Å². The average molecular weight is 388 g/mol. The minimum absolute atomic E-state index is 0.113. The number of fused-ring (bicyclic) bond motifs is 3. The van der Waals surface area contributed by atoms with E-state index in [4.69, 9.17) is 18.9 Å². The van der Waals surface area contributed by atoms with Crippen LogP contribution in [0.15, 0.2) is 23.0 Å². The minimum Gasteiger partial charge on any atom is -0.498 e. The first kappa shape index (κ1) is 16.2. The van der Waals surface area contributed by atoms with Crippen LogP contribution in [0.4, 0.5) is 0 Å². The molecule has 8 aliphatic rings. The van der Waals surface area contributed by atoms with Crippen LogP contribution in [-0.4, -0.2) is 76.7 Å². The summed E-state index contributed by atoms with van der Waals surface area (Å²) in [4.78, 5) is 26.7. The average Bonchev–Trinajstić information content (AvgIpc) is 3.57. The number of aliphatic hydroxyl groups excluding tert-OH is 2. The smallest absolute Gasteiger partial charge is 0.190 e. The molecular weight excluding hydrogens is 368 g/mol. The summed E-state index contributed by atoms with van der Waals surface area (Å²) in [6.07, 6.45) is -4.40. The maximum atomic E-state index is 13.7. The Balaban J connectivity index is 1.52. The van der Waals surface area contributed by atoms with Crippen molar-refractivity contribution >= 4 is 11.6 Å². The molecule has 2 N–H and O–H groups in total. The van der Waals surface area contributed by atoms with Crippen molar-refractivity contribution in [3.05, 3.63) is 23.0 Å². The van der Waals surface area contributed by atoms with Gasteiger partial charge in [-0.05, 0) is 19.4 Å². The third-order valence-corrected chi connectivity index (χ3v) is 8.00. The molecule has 0 aromatic carbocycles. The van der Waals surface area contributed by atoms with Gasteiger partial charge in [0.05, 0.1) is 30.0 Å². The van der Waals surface area contributed by atoms with Crippen molar-refractivity contribution < 1.29 is 38.7 Å².